The van der Waals surface area contributed by atoms with Gasteiger partial charge in [0.1, 0.15) is 11.8 Å². The maximum Gasteiger partial charge on any atom is 0.308 e. The predicted molar refractivity (Wildman–Crippen MR) is 151 cm³/mol. The summed E-state index contributed by atoms with van der Waals surface area (Å²) in [4.78, 5) is 59.5. The highest BCUT2D eigenvalue weighted by molar-refractivity contribution is 8.00. The Labute approximate surface area is 234 Å². The van der Waals surface area contributed by atoms with E-state index in [1.807, 2.05) is 49.3 Å². The van der Waals surface area contributed by atoms with Crippen LogP contribution in [0.3, 0.4) is 0 Å². The molecule has 39 heavy (non-hydrogen) atoms. The highest BCUT2D eigenvalue weighted by Crippen LogP contribution is 2.54. The second-order valence-corrected chi connectivity index (χ2v) is 12.1. The molecule has 3 atom stereocenters. The first-order valence-electron chi connectivity index (χ1n) is 12.8. The molecule has 0 saturated carbocycles. The minimum absolute atomic E-state index is 0.105. The summed E-state index contributed by atoms with van der Waals surface area (Å²) in [5, 5.41) is -0.104. The molecule has 3 aliphatic heterocycles. The van der Waals surface area contributed by atoms with Crippen LogP contribution in [0.2, 0.25) is 0 Å². The van der Waals surface area contributed by atoms with Gasteiger partial charge in [-0.1, -0.05) is 53.4 Å². The summed E-state index contributed by atoms with van der Waals surface area (Å²) in [6.45, 7) is 1.80. The molecule has 0 aliphatic carbocycles. The molecule has 3 amide bonds. The maximum absolute atomic E-state index is 13.9. The molecule has 202 valence electrons. The van der Waals surface area contributed by atoms with Gasteiger partial charge in [-0.25, -0.2) is 4.90 Å². The molecule has 3 aromatic rings. The molecule has 9 nitrogen and oxygen atoms in total. The Morgan fingerprint density at radius 1 is 0.974 bits per heavy atom. The fourth-order valence-electron chi connectivity index (χ4n) is 5.47. The molecule has 0 N–H and O–H groups in total. The van der Waals surface area contributed by atoms with Crippen molar-refractivity contribution in [1.29, 1.82) is 0 Å². The summed E-state index contributed by atoms with van der Waals surface area (Å²) in [5.41, 5.74) is 2.40. The third kappa shape index (κ3) is 4.48. The summed E-state index contributed by atoms with van der Waals surface area (Å²) in [7, 11) is 3.91. The van der Waals surface area contributed by atoms with Gasteiger partial charge in [0, 0.05) is 43.7 Å². The second-order valence-electron chi connectivity index (χ2n) is 9.99. The predicted octanol–water partition coefficient (Wildman–Crippen LogP) is 2.63. The molecule has 11 heteroatoms. The lowest BCUT2D eigenvalue weighted by atomic mass is 9.83. The number of thiazole rings is 1. The van der Waals surface area contributed by atoms with Crippen LogP contribution in [0.5, 0.6) is 0 Å². The molecular formula is C28H28N4O5S2. The molecule has 2 saturated heterocycles. The van der Waals surface area contributed by atoms with Crippen LogP contribution in [0, 0.1) is 5.92 Å². The van der Waals surface area contributed by atoms with Gasteiger partial charge in [-0.3, -0.25) is 23.7 Å². The molecule has 6 rings (SSSR count). The molecule has 0 radical (unpaired) electrons. The van der Waals surface area contributed by atoms with Crippen LogP contribution in [-0.4, -0.2) is 72.8 Å². The zero-order valence-corrected chi connectivity index (χ0v) is 23.2. The number of aromatic nitrogens is 1. The number of amides is 3. The fraction of sp³-hybridized carbons (Fsp3) is 0.357. The molecule has 0 spiro atoms. The van der Waals surface area contributed by atoms with Gasteiger partial charge in [0.15, 0.2) is 0 Å². The normalized spacial score (nSPS) is 22.6. The number of carbonyl (C=O) groups excluding carboxylic acids is 3. The van der Waals surface area contributed by atoms with Crippen LogP contribution in [-0.2, 0) is 25.7 Å². The van der Waals surface area contributed by atoms with Crippen molar-refractivity contribution in [3.05, 3.63) is 74.7 Å². The first kappa shape index (κ1) is 25.8. The molecule has 2 fully saturated rings. The number of hydrogen-bond acceptors (Lipinski definition) is 8. The SMILES string of the molecule is CN(C)c1ccc([C@@H]2c3sc(=O)n(CC(=O)N4CCOCC4)c3S[C@H]3C(=O)N(c4ccccc4)C(=O)[C@@H]23)cc1. The lowest BCUT2D eigenvalue weighted by Gasteiger charge is -2.31. The molecule has 0 bridgehead atoms. The largest absolute Gasteiger partial charge is 0.378 e. The van der Waals surface area contributed by atoms with Gasteiger partial charge in [0.05, 0.1) is 29.8 Å². The van der Waals surface area contributed by atoms with Crippen LogP contribution in [0.25, 0.3) is 0 Å². The van der Waals surface area contributed by atoms with E-state index in [0.717, 1.165) is 27.5 Å². The van der Waals surface area contributed by atoms with Crippen LogP contribution >= 0.6 is 23.1 Å². The Bertz CT molecular complexity index is 1480. The van der Waals surface area contributed by atoms with E-state index in [-0.39, 0.29) is 29.1 Å². The smallest absolute Gasteiger partial charge is 0.308 e. The summed E-state index contributed by atoms with van der Waals surface area (Å²) in [6, 6.07) is 16.8. The third-order valence-corrected chi connectivity index (χ3v) is 10.1. The van der Waals surface area contributed by atoms with Crippen LogP contribution in [0.4, 0.5) is 11.4 Å². The van der Waals surface area contributed by atoms with Gasteiger partial charge in [-0.05, 0) is 29.8 Å². The van der Waals surface area contributed by atoms with Crippen molar-refractivity contribution in [3.8, 4) is 0 Å². The number of morpholine rings is 1. The van der Waals surface area contributed by atoms with Crippen molar-refractivity contribution >= 4 is 52.2 Å². The van der Waals surface area contributed by atoms with E-state index in [2.05, 4.69) is 0 Å². The molecule has 4 heterocycles. The average molecular weight is 565 g/mol. The molecular weight excluding hydrogens is 536 g/mol. The summed E-state index contributed by atoms with van der Waals surface area (Å²) >= 11 is 2.30. The standard InChI is InChI=1S/C28H28N4O5S2/c1-29(2)18-10-8-17(9-11-18)21-22-23(26(35)32(25(22)34)19-6-4-3-5-7-19)38-27-24(21)39-28(36)31(27)16-20(33)30-12-14-37-15-13-30/h3-11,21-23H,12-16H2,1-2H3/t21-,22-,23+/m0/s1. The van der Waals surface area contributed by atoms with Gasteiger partial charge in [-0.15, -0.1) is 0 Å². The Kier molecular flexibility index (Phi) is 6.82. The Morgan fingerprint density at radius 3 is 2.33 bits per heavy atom. The van der Waals surface area contributed by atoms with Gasteiger partial charge in [-0.2, -0.15) is 0 Å². The van der Waals surface area contributed by atoms with Gasteiger partial charge < -0.3 is 14.5 Å². The minimum atomic E-state index is -0.706. The van der Waals surface area contributed by atoms with Crippen LogP contribution in [0.1, 0.15) is 16.4 Å². The number of anilines is 2. The number of ether oxygens (including phenoxy) is 1. The van der Waals surface area contributed by atoms with Crippen molar-refractivity contribution in [2.45, 2.75) is 22.7 Å². The van der Waals surface area contributed by atoms with E-state index in [1.165, 1.54) is 21.2 Å². The van der Waals surface area contributed by atoms with E-state index < -0.39 is 17.1 Å². The summed E-state index contributed by atoms with van der Waals surface area (Å²) in [6.07, 6.45) is 0. The molecule has 0 unspecified atom stereocenters. The topological polar surface area (TPSA) is 92.2 Å². The highest BCUT2D eigenvalue weighted by Gasteiger charge is 2.56. The number of para-hydroxylation sites is 1. The van der Waals surface area contributed by atoms with E-state index in [0.29, 0.717) is 37.0 Å². The van der Waals surface area contributed by atoms with Crippen LogP contribution in [0.15, 0.2) is 64.4 Å². The van der Waals surface area contributed by atoms with E-state index in [9.17, 15) is 19.2 Å². The van der Waals surface area contributed by atoms with Crippen molar-refractivity contribution in [1.82, 2.24) is 9.47 Å². The number of thioether (sulfide) groups is 1. The first-order chi connectivity index (χ1) is 18.8. The first-order valence-corrected chi connectivity index (χ1v) is 14.5. The van der Waals surface area contributed by atoms with E-state index >= 15 is 0 Å². The summed E-state index contributed by atoms with van der Waals surface area (Å²) < 4.78 is 6.85. The number of carbonyl (C=O) groups is 3. The lowest BCUT2D eigenvalue weighted by Crippen LogP contribution is -2.43. The van der Waals surface area contributed by atoms with Crippen molar-refractivity contribution in [3.63, 3.8) is 0 Å². The van der Waals surface area contributed by atoms with Gasteiger partial charge in [0.2, 0.25) is 17.7 Å². The van der Waals surface area contributed by atoms with E-state index in [1.54, 1.807) is 29.2 Å². The lowest BCUT2D eigenvalue weighted by molar-refractivity contribution is -0.136. The number of nitrogens with zero attached hydrogens (tertiary/aromatic N) is 4. The Morgan fingerprint density at radius 2 is 1.67 bits per heavy atom. The fourth-order valence-corrected chi connectivity index (χ4v) is 8.25. The average Bonchev–Trinajstić information content (AvgIpc) is 3.40. The minimum Gasteiger partial charge on any atom is -0.378 e. The van der Waals surface area contributed by atoms with Crippen LogP contribution < -0.4 is 14.7 Å². The maximum atomic E-state index is 13.9. The third-order valence-electron chi connectivity index (χ3n) is 7.49. The second kappa shape index (κ2) is 10.3. The van der Waals surface area contributed by atoms with Gasteiger partial charge in [0.25, 0.3) is 0 Å². The van der Waals surface area contributed by atoms with Gasteiger partial charge >= 0.3 is 4.87 Å². The Hall–Kier alpha value is -3.41. The molecule has 3 aliphatic rings. The van der Waals surface area contributed by atoms with Crippen molar-refractivity contribution in [2.24, 2.45) is 5.92 Å². The number of hydrogen-bond donors (Lipinski definition) is 0. The Balaban J connectivity index is 1.44. The van der Waals surface area contributed by atoms with Crippen molar-refractivity contribution in [2.75, 3.05) is 50.2 Å². The zero-order valence-electron chi connectivity index (χ0n) is 21.6. The number of fused-ring (bicyclic) bond motifs is 2. The number of imide groups is 1. The molecule has 1 aromatic heterocycles. The van der Waals surface area contributed by atoms with Crippen molar-refractivity contribution < 1.29 is 19.1 Å². The monoisotopic (exact) mass is 564 g/mol. The number of benzene rings is 2. The van der Waals surface area contributed by atoms with E-state index in [4.69, 9.17) is 4.74 Å². The molecule has 2 aromatic carbocycles. The number of rotatable bonds is 5. The summed E-state index contributed by atoms with van der Waals surface area (Å²) in [5.74, 6) is -1.87. The quantitative estimate of drug-likeness (QED) is 0.440. The highest BCUT2D eigenvalue weighted by atomic mass is 32.2. The zero-order chi connectivity index (χ0) is 27.3.